The molecule has 3 aromatic rings. The number of anilines is 1. The number of fused-ring (bicyclic) bond motifs is 1. The van der Waals surface area contributed by atoms with E-state index in [0.717, 1.165) is 22.7 Å². The molecule has 0 radical (unpaired) electrons. The Balaban J connectivity index is 1.44. The van der Waals surface area contributed by atoms with Crippen LogP contribution in [0.1, 0.15) is 22.7 Å². The number of nitrogens with zero attached hydrogens (tertiary/aromatic N) is 4. The molecule has 9 nitrogen and oxygen atoms in total. The highest BCUT2D eigenvalue weighted by atomic mass is 16.5. The molecule has 1 aliphatic heterocycles. The molecule has 30 heavy (non-hydrogen) atoms. The minimum absolute atomic E-state index is 0.0962. The Bertz CT molecular complexity index is 1140. The number of nitrogens with one attached hydrogen (secondary N) is 1. The summed E-state index contributed by atoms with van der Waals surface area (Å²) in [5, 5.41) is 8.10. The van der Waals surface area contributed by atoms with Crippen molar-refractivity contribution >= 4 is 23.7 Å². The van der Waals surface area contributed by atoms with Gasteiger partial charge in [0.05, 0.1) is 11.9 Å². The van der Waals surface area contributed by atoms with Crippen LogP contribution in [0.5, 0.6) is 5.75 Å². The zero-order valence-electron chi connectivity index (χ0n) is 16.9. The number of hydrazone groups is 1. The van der Waals surface area contributed by atoms with E-state index in [1.54, 1.807) is 24.4 Å². The molecule has 0 aliphatic carbocycles. The number of aromatic nitrogens is 2. The highest BCUT2D eigenvalue weighted by molar-refractivity contribution is 6.02. The first-order valence-electron chi connectivity index (χ1n) is 9.41. The van der Waals surface area contributed by atoms with Crippen LogP contribution >= 0.6 is 0 Å². The van der Waals surface area contributed by atoms with Crippen molar-refractivity contribution in [2.45, 2.75) is 20.8 Å². The Morgan fingerprint density at radius 2 is 2.07 bits per heavy atom. The van der Waals surface area contributed by atoms with Crippen LogP contribution in [0.4, 0.5) is 5.69 Å². The molecule has 0 unspecified atom stereocenters. The summed E-state index contributed by atoms with van der Waals surface area (Å²) in [4.78, 5) is 25.9. The molecule has 2 amide bonds. The number of carbonyl (C=O) groups excluding carboxylic acids is 2. The molecule has 2 aromatic heterocycles. The van der Waals surface area contributed by atoms with Crippen molar-refractivity contribution in [3.63, 3.8) is 0 Å². The topological polar surface area (TPSA) is 102 Å². The summed E-state index contributed by atoms with van der Waals surface area (Å²) in [6.45, 7) is 5.48. The normalized spacial score (nSPS) is 13.4. The second-order valence-corrected chi connectivity index (χ2v) is 6.99. The number of amides is 2. The molecule has 0 atom stereocenters. The van der Waals surface area contributed by atoms with Gasteiger partial charge in [0.1, 0.15) is 18.1 Å². The molecule has 0 fully saturated rings. The van der Waals surface area contributed by atoms with Crippen molar-refractivity contribution in [2.75, 3.05) is 18.1 Å². The molecule has 1 aliphatic rings. The Morgan fingerprint density at radius 1 is 1.27 bits per heavy atom. The van der Waals surface area contributed by atoms with Crippen molar-refractivity contribution in [1.82, 2.24) is 15.1 Å². The summed E-state index contributed by atoms with van der Waals surface area (Å²) in [5.74, 6) is 1.30. The summed E-state index contributed by atoms with van der Waals surface area (Å²) in [7, 11) is 0. The Kier molecular flexibility index (Phi) is 5.09. The van der Waals surface area contributed by atoms with E-state index < -0.39 is 5.91 Å². The first-order chi connectivity index (χ1) is 14.4. The molecule has 1 N–H and O–H groups in total. The van der Waals surface area contributed by atoms with E-state index in [0.29, 0.717) is 17.3 Å². The minimum atomic E-state index is -0.405. The maximum Gasteiger partial charge on any atom is 0.265 e. The van der Waals surface area contributed by atoms with Crippen molar-refractivity contribution in [2.24, 2.45) is 5.10 Å². The predicted molar refractivity (Wildman–Crippen MR) is 110 cm³/mol. The third kappa shape index (κ3) is 3.69. The predicted octanol–water partition coefficient (Wildman–Crippen LogP) is 2.27. The molecule has 9 heteroatoms. The monoisotopic (exact) mass is 407 g/mol. The van der Waals surface area contributed by atoms with Crippen molar-refractivity contribution < 1.29 is 18.8 Å². The number of ether oxygens (including phenoxy) is 1. The molecule has 0 saturated heterocycles. The summed E-state index contributed by atoms with van der Waals surface area (Å²) < 4.78 is 12.5. The fourth-order valence-corrected chi connectivity index (χ4v) is 3.41. The summed E-state index contributed by atoms with van der Waals surface area (Å²) in [6.07, 6.45) is 1.57. The largest absolute Gasteiger partial charge is 0.482 e. The van der Waals surface area contributed by atoms with Gasteiger partial charge in [-0.2, -0.15) is 5.10 Å². The summed E-state index contributed by atoms with van der Waals surface area (Å²) >= 11 is 0. The molecular weight excluding hydrogens is 386 g/mol. The molecular formula is C21H21N5O4. The molecule has 0 spiro atoms. The second-order valence-electron chi connectivity index (χ2n) is 6.99. The van der Waals surface area contributed by atoms with E-state index >= 15 is 0 Å². The van der Waals surface area contributed by atoms with Gasteiger partial charge in [-0.25, -0.2) is 5.43 Å². The zero-order valence-corrected chi connectivity index (χ0v) is 16.9. The Morgan fingerprint density at radius 3 is 2.83 bits per heavy atom. The van der Waals surface area contributed by atoms with Crippen LogP contribution in [-0.2, 0) is 9.59 Å². The third-order valence-corrected chi connectivity index (χ3v) is 4.82. The lowest BCUT2D eigenvalue weighted by Gasteiger charge is -2.28. The third-order valence-electron chi connectivity index (χ3n) is 4.82. The van der Waals surface area contributed by atoms with Gasteiger partial charge in [-0.05, 0) is 39.0 Å². The van der Waals surface area contributed by atoms with Gasteiger partial charge in [-0.3, -0.25) is 19.1 Å². The van der Waals surface area contributed by atoms with Gasteiger partial charge >= 0.3 is 0 Å². The lowest BCUT2D eigenvalue weighted by atomic mass is 10.2. The standard InChI is InChI=1S/C21H21N5O4/c1-13-8-16(15(3)26(13)19-9-14(2)30-24-19)10-22-23-20(27)11-25-17-6-4-5-7-18(17)29-12-21(25)28/h4-10H,11-12H2,1-3H3,(H,23,27)/b22-10-. The van der Waals surface area contributed by atoms with E-state index in [1.165, 1.54) is 4.90 Å². The first-order valence-corrected chi connectivity index (χ1v) is 9.41. The molecule has 4 rings (SSSR count). The van der Waals surface area contributed by atoms with Crippen LogP contribution in [0, 0.1) is 20.8 Å². The highest BCUT2D eigenvalue weighted by Crippen LogP contribution is 2.31. The Hall–Kier alpha value is -3.88. The summed E-state index contributed by atoms with van der Waals surface area (Å²) in [5.41, 5.74) is 5.76. The maximum absolute atomic E-state index is 12.4. The SMILES string of the molecule is Cc1cc(-n2c(C)cc(/C=N\NC(=O)CN3C(=O)COc4ccccc43)c2C)no1. The van der Waals surface area contributed by atoms with Crippen LogP contribution in [-0.4, -0.2) is 40.9 Å². The first kappa shape index (κ1) is 19.4. The van der Waals surface area contributed by atoms with Crippen LogP contribution in [0.2, 0.25) is 0 Å². The van der Waals surface area contributed by atoms with Crippen molar-refractivity contribution in [1.29, 1.82) is 0 Å². The Labute approximate surface area is 172 Å². The molecule has 0 bridgehead atoms. The van der Waals surface area contributed by atoms with Crippen molar-refractivity contribution in [3.8, 4) is 11.6 Å². The van der Waals surface area contributed by atoms with E-state index in [9.17, 15) is 9.59 Å². The number of benzene rings is 1. The molecule has 1 aromatic carbocycles. The number of para-hydroxylation sites is 2. The van der Waals surface area contributed by atoms with Gasteiger partial charge in [0, 0.05) is 23.0 Å². The fourth-order valence-electron chi connectivity index (χ4n) is 3.41. The van der Waals surface area contributed by atoms with E-state index in [2.05, 4.69) is 15.7 Å². The zero-order chi connectivity index (χ0) is 21.3. The van der Waals surface area contributed by atoms with Gasteiger partial charge in [0.25, 0.3) is 11.8 Å². The second kappa shape index (κ2) is 7.86. The fraction of sp³-hybridized carbons (Fsp3) is 0.238. The number of hydrogen-bond acceptors (Lipinski definition) is 6. The number of carbonyl (C=O) groups is 2. The maximum atomic E-state index is 12.4. The lowest BCUT2D eigenvalue weighted by molar-refractivity contribution is -0.125. The van der Waals surface area contributed by atoms with Gasteiger partial charge in [-0.1, -0.05) is 17.3 Å². The van der Waals surface area contributed by atoms with Gasteiger partial charge < -0.3 is 9.26 Å². The van der Waals surface area contributed by atoms with Gasteiger partial charge in [-0.15, -0.1) is 0 Å². The average molecular weight is 407 g/mol. The quantitative estimate of drug-likeness (QED) is 0.516. The highest BCUT2D eigenvalue weighted by Gasteiger charge is 2.26. The van der Waals surface area contributed by atoms with E-state index in [4.69, 9.17) is 9.26 Å². The number of hydrogen-bond donors (Lipinski definition) is 1. The van der Waals surface area contributed by atoms with Crippen molar-refractivity contribution in [3.05, 3.63) is 59.1 Å². The van der Waals surface area contributed by atoms with Crippen LogP contribution < -0.4 is 15.1 Å². The van der Waals surface area contributed by atoms with E-state index in [-0.39, 0.29) is 19.1 Å². The summed E-state index contributed by atoms with van der Waals surface area (Å²) in [6, 6.07) is 10.9. The smallest absolute Gasteiger partial charge is 0.265 e. The number of aryl methyl sites for hydroxylation is 2. The van der Waals surface area contributed by atoms with Crippen LogP contribution in [0.3, 0.4) is 0 Å². The average Bonchev–Trinajstić information content (AvgIpc) is 3.26. The minimum Gasteiger partial charge on any atom is -0.482 e. The van der Waals surface area contributed by atoms with Gasteiger partial charge in [0.2, 0.25) is 0 Å². The lowest BCUT2D eigenvalue weighted by Crippen LogP contribution is -2.44. The van der Waals surface area contributed by atoms with E-state index in [1.807, 2.05) is 43.5 Å². The number of rotatable bonds is 5. The van der Waals surface area contributed by atoms with Crippen LogP contribution in [0.15, 0.2) is 46.0 Å². The molecule has 0 saturated carbocycles. The molecule has 3 heterocycles. The van der Waals surface area contributed by atoms with Gasteiger partial charge in [0.15, 0.2) is 12.4 Å². The van der Waals surface area contributed by atoms with Crippen LogP contribution in [0.25, 0.3) is 5.82 Å². The molecule has 154 valence electrons.